The Morgan fingerprint density at radius 3 is 2.50 bits per heavy atom. The van der Waals surface area contributed by atoms with Gasteiger partial charge in [0, 0.05) is 32.9 Å². The van der Waals surface area contributed by atoms with Crippen LogP contribution in [0.2, 0.25) is 0 Å². The van der Waals surface area contributed by atoms with Crippen molar-refractivity contribution in [3.63, 3.8) is 0 Å². The van der Waals surface area contributed by atoms with E-state index in [2.05, 4.69) is 18.3 Å². The molecule has 2 aliphatic rings. The number of aromatic hydroxyl groups is 2. The van der Waals surface area contributed by atoms with Crippen LogP contribution in [0.25, 0.3) is 5.57 Å². The molecule has 4 N–H and O–H groups in total. The van der Waals surface area contributed by atoms with Gasteiger partial charge in [-0.05, 0) is 122 Å². The molecule has 0 bridgehead atoms. The van der Waals surface area contributed by atoms with Gasteiger partial charge in [-0.1, -0.05) is 19.1 Å². The number of esters is 1. The number of rotatable bonds is 16. The molecule has 252 valence electrons. The summed E-state index contributed by atoms with van der Waals surface area (Å²) in [5.41, 5.74) is 3.95. The molecule has 0 aliphatic heterocycles. The lowest BCUT2D eigenvalue weighted by molar-refractivity contribution is -0.147. The number of hydrogen-bond acceptors (Lipinski definition) is 9. The van der Waals surface area contributed by atoms with E-state index in [4.69, 9.17) is 14.2 Å². The number of nitrogens with one attached hydrogen (secondary N) is 1. The average molecular weight is 638 g/mol. The molecule has 0 spiro atoms. The van der Waals surface area contributed by atoms with Crippen molar-refractivity contribution < 1.29 is 39.1 Å². The molecule has 1 fully saturated rings. The second-order valence-corrected chi connectivity index (χ2v) is 12.8. The number of aryl methyl sites for hydroxylation is 1. The average Bonchev–Trinajstić information content (AvgIpc) is 3.14. The predicted octanol–water partition coefficient (Wildman–Crippen LogP) is 5.92. The lowest BCUT2D eigenvalue weighted by Gasteiger charge is -2.39. The molecule has 0 amide bonds. The normalized spacial score (nSPS) is 21.3. The molecule has 0 heterocycles. The molecule has 0 unspecified atom stereocenters. The SMILES string of the molecule is CCCNCC1=C[C@@H]2CC[C@H](CCO)C[C@@H]2[C@H](CC(=O)C[C@@H](CCc2ccc(O)c(OC)c2)OC(C)=O)c2cc(OC)c(O)cc21. The van der Waals surface area contributed by atoms with Crippen molar-refractivity contribution in [3.8, 4) is 23.0 Å². The van der Waals surface area contributed by atoms with E-state index in [9.17, 15) is 24.9 Å². The number of Topliss-reactive ketones (excluding diaryl/α,β-unsaturated/α-hetero) is 1. The fourth-order valence-corrected chi connectivity index (χ4v) is 7.39. The molecule has 0 aromatic heterocycles. The van der Waals surface area contributed by atoms with Crippen LogP contribution in [0.1, 0.15) is 87.8 Å². The Morgan fingerprint density at radius 1 is 1.04 bits per heavy atom. The summed E-state index contributed by atoms with van der Waals surface area (Å²) < 4.78 is 16.4. The highest BCUT2D eigenvalue weighted by molar-refractivity contribution is 5.82. The van der Waals surface area contributed by atoms with Gasteiger partial charge in [0.2, 0.25) is 0 Å². The van der Waals surface area contributed by atoms with Crippen LogP contribution in [0.15, 0.2) is 36.4 Å². The Bertz CT molecular complexity index is 1370. The third-order valence-corrected chi connectivity index (χ3v) is 9.61. The van der Waals surface area contributed by atoms with Crippen molar-refractivity contribution in [1.82, 2.24) is 5.32 Å². The molecule has 2 aromatic carbocycles. The molecule has 0 radical (unpaired) electrons. The second-order valence-electron chi connectivity index (χ2n) is 12.8. The van der Waals surface area contributed by atoms with Gasteiger partial charge < -0.3 is 34.8 Å². The van der Waals surface area contributed by atoms with E-state index in [1.807, 2.05) is 6.07 Å². The van der Waals surface area contributed by atoms with E-state index in [0.717, 1.165) is 60.9 Å². The van der Waals surface area contributed by atoms with Crippen LogP contribution in [-0.2, 0) is 20.7 Å². The first-order chi connectivity index (χ1) is 22.2. The van der Waals surface area contributed by atoms with Gasteiger partial charge in [-0.3, -0.25) is 9.59 Å². The number of phenols is 2. The van der Waals surface area contributed by atoms with E-state index in [-0.39, 0.29) is 54.5 Å². The molecular weight excluding hydrogens is 586 g/mol. The van der Waals surface area contributed by atoms with E-state index < -0.39 is 12.1 Å². The monoisotopic (exact) mass is 637 g/mol. The van der Waals surface area contributed by atoms with Gasteiger partial charge in [0.05, 0.1) is 14.2 Å². The van der Waals surface area contributed by atoms with Gasteiger partial charge in [0.1, 0.15) is 11.9 Å². The summed E-state index contributed by atoms with van der Waals surface area (Å²) in [7, 11) is 3.02. The number of carbonyl (C=O) groups is 2. The Morgan fingerprint density at radius 2 is 1.80 bits per heavy atom. The number of fused-ring (bicyclic) bond motifs is 2. The highest BCUT2D eigenvalue weighted by Crippen LogP contribution is 2.51. The van der Waals surface area contributed by atoms with Crippen LogP contribution in [0.5, 0.6) is 23.0 Å². The third kappa shape index (κ3) is 9.04. The molecule has 1 saturated carbocycles. The van der Waals surface area contributed by atoms with Gasteiger partial charge in [0.15, 0.2) is 23.0 Å². The second kappa shape index (κ2) is 16.8. The number of phenolic OH excluding ortho intramolecular Hbond substituents is 2. The first-order valence-corrected chi connectivity index (χ1v) is 16.7. The van der Waals surface area contributed by atoms with E-state index >= 15 is 0 Å². The topological polar surface area (TPSA) is 135 Å². The van der Waals surface area contributed by atoms with Crippen LogP contribution in [0.4, 0.5) is 0 Å². The van der Waals surface area contributed by atoms with Crippen molar-refractivity contribution in [2.24, 2.45) is 17.8 Å². The Kier molecular flexibility index (Phi) is 12.9. The van der Waals surface area contributed by atoms with Crippen LogP contribution < -0.4 is 14.8 Å². The van der Waals surface area contributed by atoms with Crippen LogP contribution in [-0.4, -0.2) is 67.1 Å². The summed E-state index contributed by atoms with van der Waals surface area (Å²) in [6, 6.07) is 8.79. The summed E-state index contributed by atoms with van der Waals surface area (Å²) in [5, 5.41) is 34.1. The summed E-state index contributed by atoms with van der Waals surface area (Å²) in [5.74, 6) is 1.08. The van der Waals surface area contributed by atoms with Crippen LogP contribution in [0, 0.1) is 17.8 Å². The first kappa shape index (κ1) is 35.3. The van der Waals surface area contributed by atoms with Gasteiger partial charge in [-0.2, -0.15) is 0 Å². The number of allylic oxidation sites excluding steroid dienone is 1. The quantitative estimate of drug-likeness (QED) is 0.131. The first-order valence-electron chi connectivity index (χ1n) is 16.7. The van der Waals surface area contributed by atoms with E-state index in [0.29, 0.717) is 36.8 Å². The molecule has 5 atom stereocenters. The maximum atomic E-state index is 14.0. The molecule has 2 aliphatic carbocycles. The number of aliphatic hydroxyl groups excluding tert-OH is 1. The molecule has 9 heteroatoms. The summed E-state index contributed by atoms with van der Waals surface area (Å²) in [6.45, 7) is 5.16. The van der Waals surface area contributed by atoms with Crippen molar-refractivity contribution in [2.45, 2.75) is 83.7 Å². The highest BCUT2D eigenvalue weighted by Gasteiger charge is 2.40. The number of carbonyl (C=O) groups excluding carboxylic acids is 2. The van der Waals surface area contributed by atoms with Crippen molar-refractivity contribution >= 4 is 17.3 Å². The molecular formula is C37H51NO8. The maximum absolute atomic E-state index is 14.0. The zero-order chi connectivity index (χ0) is 33.2. The Balaban J connectivity index is 1.63. The minimum absolute atomic E-state index is 0.00752. The van der Waals surface area contributed by atoms with Crippen molar-refractivity contribution in [3.05, 3.63) is 53.1 Å². The fraction of sp³-hybridized carbons (Fsp3) is 0.568. The summed E-state index contributed by atoms with van der Waals surface area (Å²) in [6.07, 6.45) is 7.73. The number of aliphatic hydroxyl groups is 1. The molecule has 9 nitrogen and oxygen atoms in total. The predicted molar refractivity (Wildman–Crippen MR) is 177 cm³/mol. The fourth-order valence-electron chi connectivity index (χ4n) is 7.39. The molecule has 4 rings (SSSR count). The minimum Gasteiger partial charge on any atom is -0.504 e. The van der Waals surface area contributed by atoms with Crippen molar-refractivity contribution in [2.75, 3.05) is 33.9 Å². The molecule has 46 heavy (non-hydrogen) atoms. The van der Waals surface area contributed by atoms with E-state index in [1.54, 1.807) is 24.3 Å². The van der Waals surface area contributed by atoms with Gasteiger partial charge >= 0.3 is 5.97 Å². The Hall–Kier alpha value is -3.56. The zero-order valence-corrected chi connectivity index (χ0v) is 27.7. The number of ether oxygens (including phenoxy) is 3. The molecule has 2 aromatic rings. The van der Waals surface area contributed by atoms with E-state index in [1.165, 1.54) is 21.1 Å². The number of hydrogen-bond donors (Lipinski definition) is 4. The number of methoxy groups -OCH3 is 2. The number of benzene rings is 2. The third-order valence-electron chi connectivity index (χ3n) is 9.61. The summed E-state index contributed by atoms with van der Waals surface area (Å²) in [4.78, 5) is 26.0. The largest absolute Gasteiger partial charge is 0.504 e. The van der Waals surface area contributed by atoms with Gasteiger partial charge in [-0.25, -0.2) is 0 Å². The van der Waals surface area contributed by atoms with Gasteiger partial charge in [0.25, 0.3) is 0 Å². The van der Waals surface area contributed by atoms with Gasteiger partial charge in [-0.15, -0.1) is 0 Å². The van der Waals surface area contributed by atoms with Crippen molar-refractivity contribution in [1.29, 1.82) is 0 Å². The Labute approximate surface area is 273 Å². The lowest BCUT2D eigenvalue weighted by Crippen LogP contribution is -2.31. The minimum atomic E-state index is -0.597. The number of ketones is 1. The smallest absolute Gasteiger partial charge is 0.302 e. The lowest BCUT2D eigenvalue weighted by atomic mass is 9.65. The summed E-state index contributed by atoms with van der Waals surface area (Å²) >= 11 is 0. The molecule has 0 saturated heterocycles. The zero-order valence-electron chi connectivity index (χ0n) is 27.7. The van der Waals surface area contributed by atoms with Crippen LogP contribution in [0.3, 0.4) is 0 Å². The highest BCUT2D eigenvalue weighted by atomic mass is 16.5. The standard InChI is InChI=1S/C37H51NO8/c1-5-13-38-22-27-17-26-9-6-25(12-14-39)15-30(26)32(33-21-37(45-4)35(43)20-31(27)33)19-28(41)18-29(46-23(2)40)10-7-24-8-11-34(42)36(16-24)44-3/h8,11,16-17,20-21,25-26,29-30,32,38-39,42-43H,5-7,9-10,12-15,18-19,22H2,1-4H3/t25-,26+,29-,30+,32+/m1/s1. The van der Waals surface area contributed by atoms with Crippen LogP contribution >= 0.6 is 0 Å². The maximum Gasteiger partial charge on any atom is 0.302 e.